The van der Waals surface area contributed by atoms with Gasteiger partial charge in [-0.25, -0.2) is 4.98 Å². The van der Waals surface area contributed by atoms with Gasteiger partial charge in [-0.1, -0.05) is 12.1 Å². The van der Waals surface area contributed by atoms with Gasteiger partial charge in [0.15, 0.2) is 0 Å². The number of rotatable bonds is 3. The molecule has 18 heavy (non-hydrogen) atoms. The summed E-state index contributed by atoms with van der Waals surface area (Å²) >= 11 is 3.36. The molecule has 0 aliphatic rings. The maximum Gasteiger partial charge on any atom is 0.109 e. The van der Waals surface area contributed by atoms with Crippen LogP contribution in [0.25, 0.3) is 21.1 Å². The van der Waals surface area contributed by atoms with Crippen LogP contribution in [0.4, 0.5) is 0 Å². The summed E-state index contributed by atoms with van der Waals surface area (Å²) in [6, 6.07) is 10.0. The summed E-state index contributed by atoms with van der Waals surface area (Å²) in [7, 11) is 0. The Kier molecular flexibility index (Phi) is 3.19. The van der Waals surface area contributed by atoms with Crippen molar-refractivity contribution in [3.63, 3.8) is 0 Å². The molecule has 90 valence electrons. The second-order valence-corrected chi connectivity index (χ2v) is 5.71. The normalized spacial score (nSPS) is 10.7. The van der Waals surface area contributed by atoms with Gasteiger partial charge in [-0.2, -0.15) is 0 Å². The van der Waals surface area contributed by atoms with Crippen LogP contribution in [0.15, 0.2) is 41.9 Å². The van der Waals surface area contributed by atoms with Gasteiger partial charge >= 0.3 is 0 Å². The standard InChI is InChI=1S/C13H11N3S2/c14-8-11-16-12(9-4-1-2-6-15-9)13(18-11)10-5-3-7-17-10/h1-7H,8,14H2. The van der Waals surface area contributed by atoms with Crippen LogP contribution in [0.3, 0.4) is 0 Å². The van der Waals surface area contributed by atoms with Crippen molar-refractivity contribution >= 4 is 22.7 Å². The van der Waals surface area contributed by atoms with Crippen molar-refractivity contribution < 1.29 is 0 Å². The number of nitrogens with two attached hydrogens (primary N) is 1. The lowest BCUT2D eigenvalue weighted by molar-refractivity contribution is 1.04. The van der Waals surface area contributed by atoms with Crippen LogP contribution in [0.1, 0.15) is 5.01 Å². The maximum atomic E-state index is 5.69. The molecule has 3 nitrogen and oxygen atoms in total. The van der Waals surface area contributed by atoms with Gasteiger partial charge in [0.2, 0.25) is 0 Å². The predicted molar refractivity (Wildman–Crippen MR) is 76.5 cm³/mol. The molecule has 0 saturated carbocycles. The van der Waals surface area contributed by atoms with E-state index in [0.29, 0.717) is 6.54 Å². The molecule has 3 aromatic rings. The third kappa shape index (κ3) is 2.08. The second-order valence-electron chi connectivity index (χ2n) is 3.68. The van der Waals surface area contributed by atoms with Gasteiger partial charge in [0.25, 0.3) is 0 Å². The molecular weight excluding hydrogens is 262 g/mol. The summed E-state index contributed by atoms with van der Waals surface area (Å²) in [5.41, 5.74) is 7.53. The first-order chi connectivity index (χ1) is 8.88. The van der Waals surface area contributed by atoms with Gasteiger partial charge in [-0.3, -0.25) is 4.98 Å². The zero-order valence-corrected chi connectivity index (χ0v) is 11.2. The quantitative estimate of drug-likeness (QED) is 0.795. The Morgan fingerprint density at radius 3 is 2.78 bits per heavy atom. The third-order valence-electron chi connectivity index (χ3n) is 2.50. The summed E-state index contributed by atoms with van der Waals surface area (Å²) < 4.78 is 0. The molecule has 0 aromatic carbocycles. The molecule has 0 fully saturated rings. The average molecular weight is 273 g/mol. The summed E-state index contributed by atoms with van der Waals surface area (Å²) in [5.74, 6) is 0. The molecule has 3 heterocycles. The number of thiophene rings is 1. The Morgan fingerprint density at radius 2 is 2.11 bits per heavy atom. The largest absolute Gasteiger partial charge is 0.325 e. The van der Waals surface area contributed by atoms with Gasteiger partial charge in [-0.05, 0) is 23.6 Å². The highest BCUT2D eigenvalue weighted by atomic mass is 32.1. The first kappa shape index (κ1) is 11.5. The SMILES string of the molecule is NCc1nc(-c2ccccn2)c(-c2cccs2)s1. The van der Waals surface area contributed by atoms with E-state index < -0.39 is 0 Å². The average Bonchev–Trinajstić information content (AvgIpc) is 3.08. The summed E-state index contributed by atoms with van der Waals surface area (Å²) in [6.45, 7) is 0.468. The lowest BCUT2D eigenvalue weighted by atomic mass is 10.2. The molecule has 3 aromatic heterocycles. The molecule has 0 aliphatic carbocycles. The minimum absolute atomic E-state index is 0.468. The Bertz CT molecular complexity index is 630. The van der Waals surface area contributed by atoms with Crippen LogP contribution >= 0.6 is 22.7 Å². The van der Waals surface area contributed by atoms with Crippen LogP contribution in [0.2, 0.25) is 0 Å². The summed E-state index contributed by atoms with van der Waals surface area (Å²) in [6.07, 6.45) is 1.79. The highest BCUT2D eigenvalue weighted by molar-refractivity contribution is 7.21. The van der Waals surface area contributed by atoms with Gasteiger partial charge in [0.1, 0.15) is 10.7 Å². The summed E-state index contributed by atoms with van der Waals surface area (Å²) in [4.78, 5) is 11.3. The van der Waals surface area contributed by atoms with Crippen LogP contribution in [0, 0.1) is 0 Å². The smallest absolute Gasteiger partial charge is 0.109 e. The first-order valence-corrected chi connectivity index (χ1v) is 7.23. The fourth-order valence-corrected chi connectivity index (χ4v) is 3.51. The van der Waals surface area contributed by atoms with Crippen molar-refractivity contribution in [2.45, 2.75) is 6.54 Å². The van der Waals surface area contributed by atoms with E-state index in [0.717, 1.165) is 21.3 Å². The van der Waals surface area contributed by atoms with E-state index in [1.807, 2.05) is 24.3 Å². The van der Waals surface area contributed by atoms with E-state index in [4.69, 9.17) is 5.73 Å². The van der Waals surface area contributed by atoms with Crippen molar-refractivity contribution in [1.82, 2.24) is 9.97 Å². The van der Waals surface area contributed by atoms with E-state index in [1.54, 1.807) is 28.9 Å². The van der Waals surface area contributed by atoms with Crippen molar-refractivity contribution in [3.05, 3.63) is 46.9 Å². The molecule has 0 radical (unpaired) electrons. The van der Waals surface area contributed by atoms with Gasteiger partial charge < -0.3 is 5.73 Å². The summed E-state index contributed by atoms with van der Waals surface area (Å²) in [5, 5.41) is 3.01. The lowest BCUT2D eigenvalue weighted by Gasteiger charge is -1.98. The molecule has 0 aliphatic heterocycles. The first-order valence-electron chi connectivity index (χ1n) is 5.53. The fourth-order valence-electron chi connectivity index (χ4n) is 1.70. The Balaban J connectivity index is 2.17. The molecule has 0 amide bonds. The van der Waals surface area contributed by atoms with Crippen LogP contribution in [-0.2, 0) is 6.54 Å². The molecule has 0 unspecified atom stereocenters. The van der Waals surface area contributed by atoms with Crippen LogP contribution in [0.5, 0.6) is 0 Å². The van der Waals surface area contributed by atoms with Crippen LogP contribution in [-0.4, -0.2) is 9.97 Å². The number of hydrogen-bond acceptors (Lipinski definition) is 5. The van der Waals surface area contributed by atoms with Crippen molar-refractivity contribution in [2.75, 3.05) is 0 Å². The zero-order chi connectivity index (χ0) is 12.4. The molecule has 0 bridgehead atoms. The number of pyridine rings is 1. The third-order valence-corrected chi connectivity index (χ3v) is 4.63. The minimum atomic E-state index is 0.468. The monoisotopic (exact) mass is 273 g/mol. The number of hydrogen-bond donors (Lipinski definition) is 1. The molecule has 0 spiro atoms. The van der Waals surface area contributed by atoms with E-state index in [-0.39, 0.29) is 0 Å². The van der Waals surface area contributed by atoms with Crippen LogP contribution < -0.4 is 5.73 Å². The van der Waals surface area contributed by atoms with Gasteiger partial charge in [0.05, 0.1) is 10.6 Å². The van der Waals surface area contributed by atoms with E-state index >= 15 is 0 Å². The second kappa shape index (κ2) is 4.97. The molecule has 0 saturated heterocycles. The Morgan fingerprint density at radius 1 is 1.17 bits per heavy atom. The molecule has 0 atom stereocenters. The fraction of sp³-hybridized carbons (Fsp3) is 0.0769. The molecule has 2 N–H and O–H groups in total. The van der Waals surface area contributed by atoms with E-state index in [1.165, 1.54) is 4.88 Å². The Hall–Kier alpha value is -1.56. The van der Waals surface area contributed by atoms with Gasteiger partial charge in [0, 0.05) is 17.6 Å². The predicted octanol–water partition coefficient (Wildman–Crippen LogP) is 3.39. The molecular formula is C13H11N3S2. The zero-order valence-electron chi connectivity index (χ0n) is 9.54. The number of thiazole rings is 1. The number of aromatic nitrogens is 2. The molecule has 3 rings (SSSR count). The molecule has 5 heteroatoms. The van der Waals surface area contributed by atoms with Crippen molar-refractivity contribution in [1.29, 1.82) is 0 Å². The van der Waals surface area contributed by atoms with Crippen molar-refractivity contribution in [3.8, 4) is 21.1 Å². The lowest BCUT2D eigenvalue weighted by Crippen LogP contribution is -1.94. The van der Waals surface area contributed by atoms with Crippen molar-refractivity contribution in [2.24, 2.45) is 5.73 Å². The van der Waals surface area contributed by atoms with E-state index in [9.17, 15) is 0 Å². The highest BCUT2D eigenvalue weighted by Gasteiger charge is 2.15. The highest BCUT2D eigenvalue weighted by Crippen LogP contribution is 2.38. The number of nitrogens with zero attached hydrogens (tertiary/aromatic N) is 2. The minimum Gasteiger partial charge on any atom is -0.325 e. The topological polar surface area (TPSA) is 51.8 Å². The maximum absolute atomic E-state index is 5.69. The van der Waals surface area contributed by atoms with Gasteiger partial charge in [-0.15, -0.1) is 22.7 Å². The Labute approximate surface area is 113 Å². The van der Waals surface area contributed by atoms with E-state index in [2.05, 4.69) is 21.4 Å².